The van der Waals surface area contributed by atoms with Crippen molar-refractivity contribution in [2.75, 3.05) is 11.9 Å². The summed E-state index contributed by atoms with van der Waals surface area (Å²) in [6, 6.07) is 15.4. The van der Waals surface area contributed by atoms with E-state index in [0.29, 0.717) is 18.7 Å². The van der Waals surface area contributed by atoms with E-state index in [1.807, 2.05) is 36.4 Å². The molecule has 0 radical (unpaired) electrons. The Morgan fingerprint density at radius 1 is 1.30 bits per heavy atom. The third-order valence-corrected chi connectivity index (χ3v) is 3.65. The van der Waals surface area contributed by atoms with Gasteiger partial charge in [0.15, 0.2) is 0 Å². The van der Waals surface area contributed by atoms with E-state index in [1.54, 1.807) is 6.92 Å². The summed E-state index contributed by atoms with van der Waals surface area (Å²) in [5.74, 6) is 0. The van der Waals surface area contributed by atoms with Gasteiger partial charge in [-0.15, -0.1) is 0 Å². The lowest BCUT2D eigenvalue weighted by Crippen LogP contribution is -2.24. The molecule has 6 heteroatoms. The first kappa shape index (κ1) is 16.5. The van der Waals surface area contributed by atoms with Crippen LogP contribution in [-0.2, 0) is 5.60 Å². The van der Waals surface area contributed by atoms with E-state index in [4.69, 9.17) is 5.26 Å². The van der Waals surface area contributed by atoms with Crippen molar-refractivity contribution in [1.82, 2.24) is 0 Å². The smallest absolute Gasteiger partial charge is 0.293 e. The molecule has 2 N–H and O–H groups in total. The topological polar surface area (TPSA) is 99.2 Å². The van der Waals surface area contributed by atoms with Gasteiger partial charge in [-0.1, -0.05) is 30.3 Å². The molecule has 0 aliphatic carbocycles. The largest absolute Gasteiger partial charge is 0.385 e. The van der Waals surface area contributed by atoms with Crippen LogP contribution in [0.5, 0.6) is 0 Å². The van der Waals surface area contributed by atoms with E-state index in [9.17, 15) is 15.2 Å². The summed E-state index contributed by atoms with van der Waals surface area (Å²) < 4.78 is 0. The maximum atomic E-state index is 11.1. The van der Waals surface area contributed by atoms with Gasteiger partial charge in [0.1, 0.15) is 5.69 Å². The molecule has 0 bridgehead atoms. The summed E-state index contributed by atoms with van der Waals surface area (Å²) in [6.45, 7) is 2.06. The van der Waals surface area contributed by atoms with Gasteiger partial charge in [0, 0.05) is 12.6 Å². The molecule has 0 heterocycles. The fourth-order valence-corrected chi connectivity index (χ4v) is 2.28. The molecule has 1 unspecified atom stereocenters. The Hall–Kier alpha value is -2.91. The zero-order valence-corrected chi connectivity index (χ0v) is 12.7. The van der Waals surface area contributed by atoms with Crippen molar-refractivity contribution in [2.45, 2.75) is 18.9 Å². The van der Waals surface area contributed by atoms with Crippen LogP contribution in [0.15, 0.2) is 48.5 Å². The number of nitro benzene ring substituents is 1. The van der Waals surface area contributed by atoms with Gasteiger partial charge in [-0.3, -0.25) is 10.1 Å². The molecule has 0 saturated carbocycles. The highest BCUT2D eigenvalue weighted by Crippen LogP contribution is 2.27. The van der Waals surface area contributed by atoms with Crippen molar-refractivity contribution in [3.63, 3.8) is 0 Å². The minimum Gasteiger partial charge on any atom is -0.385 e. The molecule has 0 saturated heterocycles. The fourth-order valence-electron chi connectivity index (χ4n) is 2.28. The summed E-state index contributed by atoms with van der Waals surface area (Å²) in [5, 5.41) is 33.4. The number of nitro groups is 1. The van der Waals surface area contributed by atoms with E-state index < -0.39 is 10.5 Å². The van der Waals surface area contributed by atoms with Crippen LogP contribution in [0.3, 0.4) is 0 Å². The maximum Gasteiger partial charge on any atom is 0.293 e. The Kier molecular flexibility index (Phi) is 4.94. The first-order valence-corrected chi connectivity index (χ1v) is 7.14. The molecule has 1 atom stereocenters. The Labute approximate surface area is 134 Å². The summed E-state index contributed by atoms with van der Waals surface area (Å²) >= 11 is 0. The average Bonchev–Trinajstić information content (AvgIpc) is 2.55. The predicted octanol–water partition coefficient (Wildman–Crippen LogP) is 3.18. The number of nitrogens with zero attached hydrogens (tertiary/aromatic N) is 2. The van der Waals surface area contributed by atoms with Gasteiger partial charge in [0.05, 0.1) is 22.2 Å². The number of hydrogen-bond donors (Lipinski definition) is 2. The molecule has 0 spiro atoms. The number of benzene rings is 2. The molecule has 0 fully saturated rings. The van der Waals surface area contributed by atoms with E-state index in [1.165, 1.54) is 18.2 Å². The van der Waals surface area contributed by atoms with Gasteiger partial charge in [0.25, 0.3) is 5.69 Å². The first-order chi connectivity index (χ1) is 10.9. The fraction of sp³-hybridized carbons (Fsp3) is 0.235. The number of nitriles is 1. The molecule has 118 valence electrons. The van der Waals surface area contributed by atoms with Crippen LogP contribution in [0.2, 0.25) is 0 Å². The number of nitrogens with one attached hydrogen (secondary N) is 1. The second-order valence-electron chi connectivity index (χ2n) is 5.42. The van der Waals surface area contributed by atoms with Gasteiger partial charge >= 0.3 is 0 Å². The zero-order chi connectivity index (χ0) is 16.9. The number of aliphatic hydroxyl groups is 1. The van der Waals surface area contributed by atoms with Gasteiger partial charge in [0.2, 0.25) is 0 Å². The highest BCUT2D eigenvalue weighted by molar-refractivity contribution is 5.64. The molecule has 0 aliphatic heterocycles. The Balaban J connectivity index is 2.07. The monoisotopic (exact) mass is 311 g/mol. The molecule has 23 heavy (non-hydrogen) atoms. The van der Waals surface area contributed by atoms with E-state index in [2.05, 4.69) is 5.32 Å². The number of rotatable bonds is 6. The Bertz CT molecular complexity index is 736. The van der Waals surface area contributed by atoms with Crippen LogP contribution >= 0.6 is 0 Å². The molecule has 0 aliphatic rings. The van der Waals surface area contributed by atoms with Crippen molar-refractivity contribution in [3.05, 3.63) is 69.8 Å². The molecule has 2 rings (SSSR count). The molecule has 2 aromatic carbocycles. The van der Waals surface area contributed by atoms with Crippen LogP contribution in [0, 0.1) is 21.4 Å². The van der Waals surface area contributed by atoms with Crippen molar-refractivity contribution < 1.29 is 10.0 Å². The summed E-state index contributed by atoms with van der Waals surface area (Å²) in [5.41, 5.74) is 0.172. The third kappa shape index (κ3) is 4.05. The standard InChI is InChI=1S/C17H17N3O3/c1-17(21,14-5-3-2-4-6-14)9-10-19-15-8-7-13(12-18)11-16(15)20(22)23/h2-8,11,19,21H,9-10H2,1H3. The molecular weight excluding hydrogens is 294 g/mol. The van der Waals surface area contributed by atoms with E-state index >= 15 is 0 Å². The van der Waals surface area contributed by atoms with Crippen molar-refractivity contribution in [3.8, 4) is 6.07 Å². The maximum absolute atomic E-state index is 11.1. The van der Waals surface area contributed by atoms with Crippen molar-refractivity contribution >= 4 is 11.4 Å². The van der Waals surface area contributed by atoms with Crippen LogP contribution in [0.4, 0.5) is 11.4 Å². The van der Waals surface area contributed by atoms with Crippen LogP contribution in [-0.4, -0.2) is 16.6 Å². The Morgan fingerprint density at radius 2 is 2.00 bits per heavy atom. The molecule has 6 nitrogen and oxygen atoms in total. The van der Waals surface area contributed by atoms with Crippen molar-refractivity contribution in [2.24, 2.45) is 0 Å². The van der Waals surface area contributed by atoms with Gasteiger partial charge in [-0.25, -0.2) is 0 Å². The van der Waals surface area contributed by atoms with Gasteiger partial charge in [-0.2, -0.15) is 5.26 Å². The quantitative estimate of drug-likeness (QED) is 0.630. The third-order valence-electron chi connectivity index (χ3n) is 3.65. The number of anilines is 1. The molecule has 0 amide bonds. The average molecular weight is 311 g/mol. The number of hydrogen-bond acceptors (Lipinski definition) is 5. The first-order valence-electron chi connectivity index (χ1n) is 7.14. The summed E-state index contributed by atoms with van der Waals surface area (Å²) in [7, 11) is 0. The SMILES string of the molecule is CC(O)(CCNc1ccc(C#N)cc1[N+](=O)[O-])c1ccccc1. The second-order valence-corrected chi connectivity index (χ2v) is 5.42. The minimum absolute atomic E-state index is 0.150. The molecular formula is C17H17N3O3. The molecule has 0 aromatic heterocycles. The second kappa shape index (κ2) is 6.90. The predicted molar refractivity (Wildman–Crippen MR) is 86.9 cm³/mol. The Morgan fingerprint density at radius 3 is 2.61 bits per heavy atom. The van der Waals surface area contributed by atoms with Crippen LogP contribution in [0.25, 0.3) is 0 Å². The van der Waals surface area contributed by atoms with E-state index in [0.717, 1.165) is 5.56 Å². The lowest BCUT2D eigenvalue weighted by atomic mass is 9.92. The van der Waals surface area contributed by atoms with Gasteiger partial charge in [-0.05, 0) is 31.0 Å². The zero-order valence-electron chi connectivity index (χ0n) is 12.7. The highest BCUT2D eigenvalue weighted by atomic mass is 16.6. The van der Waals surface area contributed by atoms with Crippen LogP contribution < -0.4 is 5.32 Å². The lowest BCUT2D eigenvalue weighted by molar-refractivity contribution is -0.384. The minimum atomic E-state index is -1.03. The highest BCUT2D eigenvalue weighted by Gasteiger charge is 2.23. The summed E-state index contributed by atoms with van der Waals surface area (Å²) in [4.78, 5) is 10.5. The van der Waals surface area contributed by atoms with Crippen LogP contribution in [0.1, 0.15) is 24.5 Å². The molecule has 2 aromatic rings. The van der Waals surface area contributed by atoms with E-state index in [-0.39, 0.29) is 11.3 Å². The normalized spacial score (nSPS) is 12.9. The summed E-state index contributed by atoms with van der Waals surface area (Å²) in [6.07, 6.45) is 0.383. The van der Waals surface area contributed by atoms with Gasteiger partial charge < -0.3 is 10.4 Å². The lowest BCUT2D eigenvalue weighted by Gasteiger charge is -2.24. The van der Waals surface area contributed by atoms with Crippen molar-refractivity contribution in [1.29, 1.82) is 5.26 Å².